The molecular formula is C27H30N6O6S. The van der Waals surface area contributed by atoms with Crippen LogP contribution in [0.15, 0.2) is 61.2 Å². The van der Waals surface area contributed by atoms with Gasteiger partial charge in [-0.2, -0.15) is 9.29 Å². The van der Waals surface area contributed by atoms with Gasteiger partial charge in [-0.25, -0.2) is 13.2 Å². The lowest BCUT2D eigenvalue weighted by Gasteiger charge is -2.40. The molecule has 3 aromatic heterocycles. The number of sulfonamides is 1. The Morgan fingerprint density at radius 2 is 1.82 bits per heavy atom. The minimum Gasteiger partial charge on any atom is -0.408 e. The smallest absolute Gasteiger partial charge is 0.408 e. The van der Waals surface area contributed by atoms with Crippen molar-refractivity contribution in [1.29, 1.82) is 0 Å². The molecule has 2 aliphatic heterocycles. The lowest BCUT2D eigenvalue weighted by Crippen LogP contribution is -2.49. The molecule has 2 saturated heterocycles. The fourth-order valence-corrected chi connectivity index (χ4v) is 7.02. The summed E-state index contributed by atoms with van der Waals surface area (Å²) in [4.78, 5) is 35.9. The highest BCUT2D eigenvalue weighted by atomic mass is 32.2. The summed E-state index contributed by atoms with van der Waals surface area (Å²) in [6, 6.07) is 9.95. The quantitative estimate of drug-likeness (QED) is 0.356. The minimum atomic E-state index is -3.79. The van der Waals surface area contributed by atoms with Crippen molar-refractivity contribution in [3.8, 4) is 11.6 Å². The highest BCUT2D eigenvalue weighted by molar-refractivity contribution is 7.89. The average Bonchev–Trinajstić information content (AvgIpc) is 3.59. The number of hydrogen-bond acceptors (Lipinski definition) is 9. The Bertz CT molecular complexity index is 1710. The van der Waals surface area contributed by atoms with Crippen molar-refractivity contribution in [1.82, 2.24) is 28.9 Å². The summed E-state index contributed by atoms with van der Waals surface area (Å²) in [5.41, 5.74) is 1.06. The van der Waals surface area contributed by atoms with Crippen LogP contribution in [-0.2, 0) is 27.3 Å². The maximum absolute atomic E-state index is 13.4. The van der Waals surface area contributed by atoms with Crippen molar-refractivity contribution in [2.75, 3.05) is 26.2 Å². The number of likely N-dealkylation sites (tertiary alicyclic amines) is 1. The molecule has 0 bridgehead atoms. The normalized spacial score (nSPS) is 18.8. The van der Waals surface area contributed by atoms with Gasteiger partial charge in [-0.1, -0.05) is 18.1 Å². The summed E-state index contributed by atoms with van der Waals surface area (Å²) < 4.78 is 39.9. The summed E-state index contributed by atoms with van der Waals surface area (Å²) in [6.07, 6.45) is 3.98. The van der Waals surface area contributed by atoms with Crippen LogP contribution in [0.25, 0.3) is 22.7 Å². The molecule has 13 heteroatoms. The number of pyridine rings is 1. The molecule has 0 spiro atoms. The topological polar surface area (TPSA) is 145 Å². The summed E-state index contributed by atoms with van der Waals surface area (Å²) in [5, 5.41) is 4.21. The van der Waals surface area contributed by atoms with Gasteiger partial charge in [0, 0.05) is 56.8 Å². The number of fused-ring (bicyclic) bond motifs is 1. The second kappa shape index (κ2) is 9.97. The molecule has 2 aliphatic rings. The van der Waals surface area contributed by atoms with Crippen LogP contribution < -0.4 is 5.76 Å². The number of amides is 1. The van der Waals surface area contributed by atoms with Crippen molar-refractivity contribution in [2.24, 2.45) is 13.0 Å². The van der Waals surface area contributed by atoms with Gasteiger partial charge in [0.05, 0.1) is 10.4 Å². The van der Waals surface area contributed by atoms with E-state index in [1.165, 1.54) is 21.0 Å². The van der Waals surface area contributed by atoms with Crippen LogP contribution in [0, 0.1) is 5.92 Å². The maximum Gasteiger partial charge on any atom is 0.419 e. The monoisotopic (exact) mass is 566 g/mol. The zero-order chi connectivity index (χ0) is 28.1. The average molecular weight is 567 g/mol. The number of rotatable bonds is 5. The van der Waals surface area contributed by atoms with Crippen molar-refractivity contribution < 1.29 is 22.2 Å². The fraction of sp³-hybridized carbons (Fsp3) is 0.444. The van der Waals surface area contributed by atoms with Gasteiger partial charge in [-0.05, 0) is 49.9 Å². The van der Waals surface area contributed by atoms with Crippen LogP contribution >= 0.6 is 0 Å². The summed E-state index contributed by atoms with van der Waals surface area (Å²) in [6.45, 7) is 3.73. The number of nitrogens with zero attached hydrogens (tertiary/aromatic N) is 6. The predicted octanol–water partition coefficient (Wildman–Crippen LogP) is 2.56. The van der Waals surface area contributed by atoms with Crippen LogP contribution in [0.5, 0.6) is 0 Å². The fourth-order valence-electron chi connectivity index (χ4n) is 5.53. The first-order valence-corrected chi connectivity index (χ1v) is 14.7. The third-order valence-corrected chi connectivity index (χ3v) is 10.1. The largest absolute Gasteiger partial charge is 0.419 e. The summed E-state index contributed by atoms with van der Waals surface area (Å²) >= 11 is 0. The Morgan fingerprint density at radius 3 is 2.52 bits per heavy atom. The molecular weight excluding hydrogens is 536 g/mol. The van der Waals surface area contributed by atoms with Crippen LogP contribution in [0.2, 0.25) is 0 Å². The van der Waals surface area contributed by atoms with Crippen molar-refractivity contribution in [3.63, 3.8) is 0 Å². The second-order valence-corrected chi connectivity index (χ2v) is 12.7. The van der Waals surface area contributed by atoms with Crippen molar-refractivity contribution >= 4 is 27.0 Å². The van der Waals surface area contributed by atoms with Crippen molar-refractivity contribution in [3.05, 3.63) is 59.0 Å². The first kappa shape index (κ1) is 26.4. The number of aromatic nitrogens is 4. The Kier molecular flexibility index (Phi) is 6.57. The molecule has 0 atom stereocenters. The number of piperidine rings is 2. The molecule has 0 N–H and O–H groups in total. The van der Waals surface area contributed by atoms with E-state index in [0.29, 0.717) is 61.7 Å². The van der Waals surface area contributed by atoms with Crippen LogP contribution in [0.1, 0.15) is 38.4 Å². The van der Waals surface area contributed by atoms with Gasteiger partial charge in [-0.3, -0.25) is 14.3 Å². The number of hydrogen-bond donors (Lipinski definition) is 0. The molecule has 210 valence electrons. The van der Waals surface area contributed by atoms with Gasteiger partial charge in [-0.15, -0.1) is 0 Å². The van der Waals surface area contributed by atoms with Gasteiger partial charge in [0.2, 0.25) is 15.9 Å². The van der Waals surface area contributed by atoms with E-state index in [1.54, 1.807) is 19.3 Å². The van der Waals surface area contributed by atoms with Crippen LogP contribution in [0.4, 0.5) is 0 Å². The molecule has 1 amide bonds. The second-order valence-electron chi connectivity index (χ2n) is 10.8. The third kappa shape index (κ3) is 4.62. The molecule has 5 heterocycles. The van der Waals surface area contributed by atoms with E-state index in [1.807, 2.05) is 23.1 Å². The Balaban J connectivity index is 1.06. The highest BCUT2D eigenvalue weighted by Crippen LogP contribution is 2.35. The maximum atomic E-state index is 13.4. The van der Waals surface area contributed by atoms with Gasteiger partial charge < -0.3 is 13.8 Å². The first-order valence-electron chi connectivity index (χ1n) is 13.3. The molecule has 4 aromatic rings. The zero-order valence-corrected chi connectivity index (χ0v) is 23.1. The molecule has 2 fully saturated rings. The zero-order valence-electron chi connectivity index (χ0n) is 22.3. The predicted molar refractivity (Wildman–Crippen MR) is 144 cm³/mol. The van der Waals surface area contributed by atoms with Crippen LogP contribution in [0.3, 0.4) is 0 Å². The molecule has 0 radical (unpaired) electrons. The molecule has 0 unspecified atom stereocenters. The number of oxazole rings is 1. The summed E-state index contributed by atoms with van der Waals surface area (Å²) in [5.74, 6) is 0.283. The van der Waals surface area contributed by atoms with E-state index < -0.39 is 15.8 Å². The van der Waals surface area contributed by atoms with Crippen molar-refractivity contribution in [2.45, 2.75) is 42.9 Å². The lowest BCUT2D eigenvalue weighted by atomic mass is 9.79. The highest BCUT2D eigenvalue weighted by Gasteiger charge is 2.40. The van der Waals surface area contributed by atoms with Gasteiger partial charge in [0.1, 0.15) is 5.69 Å². The molecule has 1 aromatic carbocycles. The number of carbonyl (C=O) groups is 1. The minimum absolute atomic E-state index is 0.0638. The van der Waals surface area contributed by atoms with E-state index in [-0.39, 0.29) is 40.8 Å². The molecule has 12 nitrogen and oxygen atoms in total. The van der Waals surface area contributed by atoms with Gasteiger partial charge in [0.25, 0.3) is 5.89 Å². The standard InChI is InChI=1S/C27H30N6O6S/c1-27(25-29-23(39-30-25)20-5-3-4-12-28-20)10-15-32(16-11-27)24(34)18-8-13-33(14-9-18)40(36,37)19-6-7-21-22(17-19)38-26(35)31(21)2/h3-7,12,17-18H,8-11,13-16H2,1-2H3. The van der Waals surface area contributed by atoms with Crippen LogP contribution in [-0.4, -0.2) is 69.4 Å². The Hall–Kier alpha value is -3.84. The molecule has 40 heavy (non-hydrogen) atoms. The first-order chi connectivity index (χ1) is 19.2. The lowest BCUT2D eigenvalue weighted by molar-refractivity contribution is -0.138. The third-order valence-electron chi connectivity index (χ3n) is 8.23. The van der Waals surface area contributed by atoms with E-state index >= 15 is 0 Å². The van der Waals surface area contributed by atoms with Gasteiger partial charge >= 0.3 is 5.76 Å². The number of carbonyl (C=O) groups excluding carboxylic acids is 1. The SMILES string of the molecule is Cn1c(=O)oc2cc(S(=O)(=O)N3CCC(C(=O)N4CCC(C)(c5noc(-c6ccccn6)n5)CC4)CC3)ccc21. The van der Waals surface area contributed by atoms with E-state index in [0.717, 1.165) is 0 Å². The van der Waals surface area contributed by atoms with Gasteiger partial charge in [0.15, 0.2) is 11.4 Å². The van der Waals surface area contributed by atoms with E-state index in [4.69, 9.17) is 8.94 Å². The summed E-state index contributed by atoms with van der Waals surface area (Å²) in [7, 11) is -2.22. The number of aryl methyl sites for hydroxylation is 1. The van der Waals surface area contributed by atoms with E-state index in [2.05, 4.69) is 22.0 Å². The molecule has 6 rings (SSSR count). The Labute approximate surface area is 230 Å². The molecule has 0 saturated carbocycles. The Morgan fingerprint density at radius 1 is 1.07 bits per heavy atom. The number of benzene rings is 1. The molecule has 0 aliphatic carbocycles. The van der Waals surface area contributed by atoms with E-state index in [9.17, 15) is 18.0 Å².